The molecule has 0 saturated carbocycles. The molecule has 6 heteroatoms. The van der Waals surface area contributed by atoms with Crippen LogP contribution < -0.4 is 15.4 Å². The van der Waals surface area contributed by atoms with Gasteiger partial charge in [0.2, 0.25) is 0 Å². The van der Waals surface area contributed by atoms with Gasteiger partial charge < -0.3 is 15.4 Å². The maximum Gasteiger partial charge on any atom is 0.262 e. The molecule has 0 spiro atoms. The van der Waals surface area contributed by atoms with E-state index >= 15 is 0 Å². The highest BCUT2D eigenvalue weighted by Gasteiger charge is 2.16. The summed E-state index contributed by atoms with van der Waals surface area (Å²) in [6, 6.07) is 20.2. The quantitative estimate of drug-likeness (QED) is 0.464. The average Bonchev–Trinajstić information content (AvgIpc) is 2.76. The van der Waals surface area contributed by atoms with Gasteiger partial charge in [-0.05, 0) is 61.7 Å². The number of hydrogen-bond donors (Lipinski definition) is 2. The SMILES string of the molecule is Cc1cc(OCC(=O)Nc2ccccc2C(=O)N[C@H](C)c2ccccc2)cc(C)c1Br. The van der Waals surface area contributed by atoms with Crippen molar-refractivity contribution in [2.45, 2.75) is 26.8 Å². The Bertz CT molecular complexity index is 1060. The molecule has 0 aliphatic rings. The largest absolute Gasteiger partial charge is 0.484 e. The lowest BCUT2D eigenvalue weighted by Gasteiger charge is -2.16. The average molecular weight is 481 g/mol. The van der Waals surface area contributed by atoms with E-state index in [4.69, 9.17) is 4.74 Å². The van der Waals surface area contributed by atoms with E-state index in [1.165, 1.54) is 0 Å². The molecule has 0 aliphatic heterocycles. The Morgan fingerprint density at radius 2 is 1.58 bits per heavy atom. The van der Waals surface area contributed by atoms with Gasteiger partial charge in [-0.1, -0.05) is 58.4 Å². The predicted octanol–water partition coefficient (Wildman–Crippen LogP) is 5.57. The number of carbonyl (C=O) groups excluding carboxylic acids is 2. The van der Waals surface area contributed by atoms with E-state index in [1.807, 2.05) is 63.2 Å². The number of para-hydroxylation sites is 1. The lowest BCUT2D eigenvalue weighted by molar-refractivity contribution is -0.118. The summed E-state index contributed by atoms with van der Waals surface area (Å²) >= 11 is 3.52. The number of carbonyl (C=O) groups is 2. The highest BCUT2D eigenvalue weighted by atomic mass is 79.9. The molecule has 3 aromatic carbocycles. The molecule has 1 atom stereocenters. The predicted molar refractivity (Wildman–Crippen MR) is 127 cm³/mol. The first kappa shape index (κ1) is 22.6. The summed E-state index contributed by atoms with van der Waals surface area (Å²) in [5.41, 5.74) is 3.91. The van der Waals surface area contributed by atoms with Crippen molar-refractivity contribution >= 4 is 33.4 Å². The Kier molecular flexibility index (Phi) is 7.47. The molecule has 31 heavy (non-hydrogen) atoms. The van der Waals surface area contributed by atoms with Gasteiger partial charge in [-0.2, -0.15) is 0 Å². The van der Waals surface area contributed by atoms with E-state index in [0.29, 0.717) is 17.0 Å². The zero-order valence-corrected chi connectivity index (χ0v) is 19.3. The number of hydrogen-bond acceptors (Lipinski definition) is 3. The third-order valence-electron chi connectivity index (χ3n) is 4.87. The molecule has 0 fully saturated rings. The minimum absolute atomic E-state index is 0.156. The van der Waals surface area contributed by atoms with Crippen molar-refractivity contribution in [2.24, 2.45) is 0 Å². The molecule has 3 rings (SSSR count). The molecule has 2 amide bonds. The minimum Gasteiger partial charge on any atom is -0.484 e. The van der Waals surface area contributed by atoms with Gasteiger partial charge in [0.25, 0.3) is 11.8 Å². The lowest BCUT2D eigenvalue weighted by Crippen LogP contribution is -2.28. The molecule has 0 heterocycles. The zero-order chi connectivity index (χ0) is 22.4. The first-order valence-corrected chi connectivity index (χ1v) is 10.8. The highest BCUT2D eigenvalue weighted by molar-refractivity contribution is 9.10. The fourth-order valence-corrected chi connectivity index (χ4v) is 3.44. The molecule has 160 valence electrons. The topological polar surface area (TPSA) is 67.4 Å². The van der Waals surface area contributed by atoms with Gasteiger partial charge in [-0.3, -0.25) is 9.59 Å². The molecular weight excluding hydrogens is 456 g/mol. The zero-order valence-electron chi connectivity index (χ0n) is 17.7. The van der Waals surface area contributed by atoms with Gasteiger partial charge in [0.1, 0.15) is 5.75 Å². The van der Waals surface area contributed by atoms with Crippen molar-refractivity contribution in [3.63, 3.8) is 0 Å². The van der Waals surface area contributed by atoms with Crippen LogP contribution in [0.25, 0.3) is 0 Å². The second kappa shape index (κ2) is 10.3. The van der Waals surface area contributed by atoms with E-state index < -0.39 is 0 Å². The standard InChI is InChI=1S/C25H25BrN2O3/c1-16-13-20(14-17(2)24(16)26)31-15-23(29)28-22-12-8-7-11-21(22)25(30)27-18(3)19-9-5-4-6-10-19/h4-14,18H,15H2,1-3H3,(H,27,30)(H,28,29)/t18-/m1/s1. The highest BCUT2D eigenvalue weighted by Crippen LogP contribution is 2.26. The maximum absolute atomic E-state index is 12.8. The fraction of sp³-hybridized carbons (Fsp3) is 0.200. The van der Waals surface area contributed by atoms with E-state index in [-0.39, 0.29) is 24.5 Å². The molecule has 3 aromatic rings. The number of benzene rings is 3. The van der Waals surface area contributed by atoms with E-state index in [1.54, 1.807) is 24.3 Å². The summed E-state index contributed by atoms with van der Waals surface area (Å²) in [6.45, 7) is 5.70. The van der Waals surface area contributed by atoms with E-state index in [0.717, 1.165) is 21.2 Å². The molecule has 2 N–H and O–H groups in total. The summed E-state index contributed by atoms with van der Waals surface area (Å²) in [5, 5.41) is 5.76. The van der Waals surface area contributed by atoms with Gasteiger partial charge in [-0.15, -0.1) is 0 Å². The van der Waals surface area contributed by atoms with Gasteiger partial charge in [0, 0.05) is 4.47 Å². The van der Waals surface area contributed by atoms with Gasteiger partial charge in [0.05, 0.1) is 17.3 Å². The van der Waals surface area contributed by atoms with Crippen LogP contribution in [0.15, 0.2) is 71.2 Å². The van der Waals surface area contributed by atoms with Crippen LogP contribution in [0.5, 0.6) is 5.75 Å². The number of nitrogens with one attached hydrogen (secondary N) is 2. The van der Waals surface area contributed by atoms with Crippen LogP contribution in [0.2, 0.25) is 0 Å². The van der Waals surface area contributed by atoms with E-state index in [9.17, 15) is 9.59 Å². The minimum atomic E-state index is -0.338. The van der Waals surface area contributed by atoms with Crippen molar-refractivity contribution in [1.29, 1.82) is 0 Å². The molecule has 5 nitrogen and oxygen atoms in total. The monoisotopic (exact) mass is 480 g/mol. The van der Waals surface area contributed by atoms with Crippen LogP contribution in [-0.4, -0.2) is 18.4 Å². The Hall–Kier alpha value is -3.12. The van der Waals surface area contributed by atoms with Crippen molar-refractivity contribution in [1.82, 2.24) is 5.32 Å². The summed E-state index contributed by atoms with van der Waals surface area (Å²) in [5.74, 6) is 0.0259. The van der Waals surface area contributed by atoms with Crippen molar-refractivity contribution in [3.05, 3.63) is 93.5 Å². The van der Waals surface area contributed by atoms with Gasteiger partial charge in [0.15, 0.2) is 6.61 Å². The number of ether oxygens (including phenoxy) is 1. The number of anilines is 1. The first-order chi connectivity index (χ1) is 14.8. The fourth-order valence-electron chi connectivity index (χ4n) is 3.21. The van der Waals surface area contributed by atoms with Crippen LogP contribution in [-0.2, 0) is 4.79 Å². The Morgan fingerprint density at radius 1 is 0.968 bits per heavy atom. The molecule has 0 aromatic heterocycles. The van der Waals surface area contributed by atoms with Crippen LogP contribution in [0.3, 0.4) is 0 Å². The molecule has 0 bridgehead atoms. The van der Waals surface area contributed by atoms with Crippen LogP contribution >= 0.6 is 15.9 Å². The molecule has 0 radical (unpaired) electrons. The van der Waals surface area contributed by atoms with Crippen molar-refractivity contribution in [2.75, 3.05) is 11.9 Å². The number of amides is 2. The smallest absolute Gasteiger partial charge is 0.262 e. The second-order valence-corrected chi connectivity index (χ2v) is 8.15. The van der Waals surface area contributed by atoms with E-state index in [2.05, 4.69) is 26.6 Å². The van der Waals surface area contributed by atoms with Crippen molar-refractivity contribution in [3.8, 4) is 5.75 Å². The number of aryl methyl sites for hydroxylation is 2. The third-order valence-corrected chi connectivity index (χ3v) is 6.12. The van der Waals surface area contributed by atoms with Crippen LogP contribution in [0.4, 0.5) is 5.69 Å². The van der Waals surface area contributed by atoms with Crippen molar-refractivity contribution < 1.29 is 14.3 Å². The third kappa shape index (κ3) is 5.95. The summed E-state index contributed by atoms with van der Waals surface area (Å²) in [6.07, 6.45) is 0. The molecule has 0 unspecified atom stereocenters. The van der Waals surface area contributed by atoms with Crippen LogP contribution in [0, 0.1) is 13.8 Å². The maximum atomic E-state index is 12.8. The Labute approximate surface area is 191 Å². The molecule has 0 saturated heterocycles. The summed E-state index contributed by atoms with van der Waals surface area (Å²) < 4.78 is 6.67. The number of halogens is 1. The molecular formula is C25H25BrN2O3. The Morgan fingerprint density at radius 3 is 2.26 bits per heavy atom. The summed E-state index contributed by atoms with van der Waals surface area (Å²) in [4.78, 5) is 25.3. The number of rotatable bonds is 7. The normalized spacial score (nSPS) is 11.5. The Balaban J connectivity index is 1.64. The first-order valence-electron chi connectivity index (χ1n) is 9.99. The van der Waals surface area contributed by atoms with Gasteiger partial charge >= 0.3 is 0 Å². The lowest BCUT2D eigenvalue weighted by atomic mass is 10.1. The second-order valence-electron chi connectivity index (χ2n) is 7.36. The molecule has 0 aliphatic carbocycles. The van der Waals surface area contributed by atoms with Gasteiger partial charge in [-0.25, -0.2) is 0 Å². The summed E-state index contributed by atoms with van der Waals surface area (Å²) in [7, 11) is 0. The van der Waals surface area contributed by atoms with Crippen LogP contribution in [0.1, 0.15) is 40.0 Å².